The van der Waals surface area contributed by atoms with Crippen molar-refractivity contribution in [2.24, 2.45) is 0 Å². The van der Waals surface area contributed by atoms with E-state index in [0.29, 0.717) is 5.56 Å². The van der Waals surface area contributed by atoms with Crippen LogP contribution < -0.4 is 5.32 Å². The Bertz CT molecular complexity index is 726. The maximum Gasteiger partial charge on any atom is 0.251 e. The smallest absolute Gasteiger partial charge is 0.251 e. The van der Waals surface area contributed by atoms with Crippen LogP contribution in [0, 0.1) is 11.6 Å². The van der Waals surface area contributed by atoms with E-state index in [1.54, 1.807) is 6.07 Å². The van der Waals surface area contributed by atoms with E-state index in [0.717, 1.165) is 31.4 Å². The van der Waals surface area contributed by atoms with Gasteiger partial charge in [0.25, 0.3) is 5.91 Å². The monoisotopic (exact) mass is 317 g/mol. The van der Waals surface area contributed by atoms with Gasteiger partial charge in [-0.15, -0.1) is 0 Å². The van der Waals surface area contributed by atoms with Gasteiger partial charge in [0.1, 0.15) is 17.7 Å². The molecule has 2 aromatic carbocycles. The number of benzene rings is 2. The van der Waals surface area contributed by atoms with Crippen molar-refractivity contribution in [1.29, 1.82) is 0 Å². The number of carbonyl (C=O) groups excluding carboxylic acids is 1. The van der Waals surface area contributed by atoms with Crippen LogP contribution in [0.3, 0.4) is 0 Å². The van der Waals surface area contributed by atoms with Crippen LogP contribution in [0.4, 0.5) is 8.78 Å². The predicted octanol–water partition coefficient (Wildman–Crippen LogP) is 2.92. The normalized spacial score (nSPS) is 14.4. The molecule has 0 fully saturated rings. The van der Waals surface area contributed by atoms with Gasteiger partial charge < -0.3 is 10.4 Å². The molecule has 1 aliphatic rings. The lowest BCUT2D eigenvalue weighted by Gasteiger charge is -2.14. The Labute approximate surface area is 133 Å². The first-order valence-electron chi connectivity index (χ1n) is 7.58. The van der Waals surface area contributed by atoms with Gasteiger partial charge in [-0.1, -0.05) is 12.1 Å². The molecule has 0 aliphatic heterocycles. The Balaban J connectivity index is 1.67. The summed E-state index contributed by atoms with van der Waals surface area (Å²) in [5, 5.41) is 12.5. The minimum atomic E-state index is -1.44. The summed E-state index contributed by atoms with van der Waals surface area (Å²) in [5.41, 5.74) is 2.49. The van der Waals surface area contributed by atoms with E-state index >= 15 is 0 Å². The molecule has 0 heterocycles. The lowest BCUT2D eigenvalue weighted by Crippen LogP contribution is -2.29. The first kappa shape index (κ1) is 15.6. The van der Waals surface area contributed by atoms with Crippen LogP contribution in [0.15, 0.2) is 36.4 Å². The summed E-state index contributed by atoms with van der Waals surface area (Å²) in [6.45, 7) is -0.256. The number of nitrogens with one attached hydrogen (secondary N) is 1. The number of fused-ring (bicyclic) bond motifs is 1. The molecule has 1 unspecified atom stereocenters. The molecule has 0 radical (unpaired) electrons. The molecule has 0 spiro atoms. The van der Waals surface area contributed by atoms with Crippen molar-refractivity contribution in [3.05, 3.63) is 70.3 Å². The molecule has 23 heavy (non-hydrogen) atoms. The Hall–Kier alpha value is -2.27. The number of aryl methyl sites for hydroxylation is 2. The first-order chi connectivity index (χ1) is 11.1. The molecule has 3 rings (SSSR count). The molecular formula is C18H17F2NO2. The van der Waals surface area contributed by atoms with Gasteiger partial charge in [0, 0.05) is 12.1 Å². The fraction of sp³-hybridized carbons (Fsp3) is 0.278. The number of carbonyl (C=O) groups is 1. The van der Waals surface area contributed by atoms with Gasteiger partial charge in [-0.25, -0.2) is 8.78 Å². The van der Waals surface area contributed by atoms with Gasteiger partial charge in [-0.2, -0.15) is 0 Å². The van der Waals surface area contributed by atoms with Gasteiger partial charge in [0.15, 0.2) is 0 Å². The average molecular weight is 317 g/mol. The number of rotatable bonds is 4. The number of amides is 1. The molecule has 3 nitrogen and oxygen atoms in total. The molecule has 1 atom stereocenters. The maximum absolute atomic E-state index is 13.6. The van der Waals surface area contributed by atoms with Crippen molar-refractivity contribution < 1.29 is 18.7 Å². The zero-order valence-corrected chi connectivity index (χ0v) is 12.5. The Morgan fingerprint density at radius 2 is 1.83 bits per heavy atom. The molecule has 0 aromatic heterocycles. The van der Waals surface area contributed by atoms with Crippen molar-refractivity contribution >= 4 is 5.91 Å². The van der Waals surface area contributed by atoms with Crippen molar-refractivity contribution in [1.82, 2.24) is 5.32 Å². The highest BCUT2D eigenvalue weighted by Crippen LogP contribution is 2.23. The van der Waals surface area contributed by atoms with Gasteiger partial charge in [0.2, 0.25) is 0 Å². The van der Waals surface area contributed by atoms with Crippen molar-refractivity contribution in [3.8, 4) is 0 Å². The molecule has 1 amide bonds. The summed E-state index contributed by atoms with van der Waals surface area (Å²) in [5.74, 6) is -2.02. The molecule has 5 heteroatoms. The highest BCUT2D eigenvalue weighted by molar-refractivity contribution is 5.94. The van der Waals surface area contributed by atoms with E-state index in [1.165, 1.54) is 17.2 Å². The van der Waals surface area contributed by atoms with E-state index in [1.807, 2.05) is 12.1 Å². The minimum Gasteiger partial charge on any atom is -0.386 e. The lowest BCUT2D eigenvalue weighted by atomic mass is 10.1. The highest BCUT2D eigenvalue weighted by atomic mass is 19.1. The van der Waals surface area contributed by atoms with Gasteiger partial charge in [0.05, 0.1) is 5.56 Å². The third-order valence-electron chi connectivity index (χ3n) is 4.15. The molecule has 120 valence electrons. The van der Waals surface area contributed by atoms with E-state index in [4.69, 9.17) is 0 Å². The van der Waals surface area contributed by atoms with E-state index < -0.39 is 23.3 Å². The third-order valence-corrected chi connectivity index (χ3v) is 4.15. The number of hydrogen-bond acceptors (Lipinski definition) is 2. The fourth-order valence-electron chi connectivity index (χ4n) is 2.94. The van der Waals surface area contributed by atoms with Gasteiger partial charge in [-0.3, -0.25) is 4.79 Å². The van der Waals surface area contributed by atoms with Gasteiger partial charge in [-0.05, 0) is 54.7 Å². The SMILES string of the molecule is O=C(NCC(O)c1c(F)cccc1F)c1ccc2c(c1)CCC2. The van der Waals surface area contributed by atoms with Crippen LogP contribution >= 0.6 is 0 Å². The highest BCUT2D eigenvalue weighted by Gasteiger charge is 2.19. The quantitative estimate of drug-likeness (QED) is 0.911. The molecule has 0 bridgehead atoms. The summed E-state index contributed by atoms with van der Waals surface area (Å²) in [6.07, 6.45) is 1.64. The lowest BCUT2D eigenvalue weighted by molar-refractivity contribution is 0.0911. The van der Waals surface area contributed by atoms with E-state index in [9.17, 15) is 18.7 Å². The third kappa shape index (κ3) is 3.24. The summed E-state index contributed by atoms with van der Waals surface area (Å²) < 4.78 is 27.2. The number of aliphatic hydroxyl groups excluding tert-OH is 1. The minimum absolute atomic E-state index is 0.256. The van der Waals surface area contributed by atoms with Crippen molar-refractivity contribution in [2.75, 3.05) is 6.54 Å². The standard InChI is InChI=1S/C18H17F2NO2/c19-14-5-2-6-15(20)17(14)16(22)10-21-18(23)13-8-7-11-3-1-4-12(11)9-13/h2,5-9,16,22H,1,3-4,10H2,(H,21,23). The Morgan fingerprint density at radius 1 is 1.13 bits per heavy atom. The molecule has 2 N–H and O–H groups in total. The Morgan fingerprint density at radius 3 is 2.57 bits per heavy atom. The second-order valence-corrected chi connectivity index (χ2v) is 5.70. The number of hydrogen-bond donors (Lipinski definition) is 2. The molecule has 0 saturated carbocycles. The topological polar surface area (TPSA) is 49.3 Å². The van der Waals surface area contributed by atoms with Crippen LogP contribution in [0.2, 0.25) is 0 Å². The number of halogens is 2. The summed E-state index contributed by atoms with van der Waals surface area (Å²) in [6, 6.07) is 8.88. The summed E-state index contributed by atoms with van der Waals surface area (Å²) in [4.78, 5) is 12.1. The van der Waals surface area contributed by atoms with Crippen molar-refractivity contribution in [3.63, 3.8) is 0 Å². The van der Waals surface area contributed by atoms with Crippen LogP contribution in [-0.4, -0.2) is 17.6 Å². The summed E-state index contributed by atoms with van der Waals surface area (Å²) >= 11 is 0. The maximum atomic E-state index is 13.6. The fourth-order valence-corrected chi connectivity index (χ4v) is 2.94. The molecule has 0 saturated heterocycles. The second kappa shape index (κ2) is 6.46. The van der Waals surface area contributed by atoms with Crippen LogP contribution in [-0.2, 0) is 12.8 Å². The van der Waals surface area contributed by atoms with Crippen molar-refractivity contribution in [2.45, 2.75) is 25.4 Å². The second-order valence-electron chi connectivity index (χ2n) is 5.70. The first-order valence-corrected chi connectivity index (χ1v) is 7.58. The van der Waals surface area contributed by atoms with E-state index in [-0.39, 0.29) is 12.5 Å². The summed E-state index contributed by atoms with van der Waals surface area (Å²) in [7, 11) is 0. The largest absolute Gasteiger partial charge is 0.386 e. The van der Waals surface area contributed by atoms with Crippen LogP contribution in [0.5, 0.6) is 0 Å². The Kier molecular flexibility index (Phi) is 4.39. The zero-order valence-electron chi connectivity index (χ0n) is 12.5. The average Bonchev–Trinajstić information content (AvgIpc) is 3.00. The van der Waals surface area contributed by atoms with Gasteiger partial charge >= 0.3 is 0 Å². The van der Waals surface area contributed by atoms with Crippen LogP contribution in [0.1, 0.15) is 39.6 Å². The number of aliphatic hydroxyl groups is 1. The molecule has 1 aliphatic carbocycles. The predicted molar refractivity (Wildman–Crippen MR) is 82.1 cm³/mol. The van der Waals surface area contributed by atoms with Crippen LogP contribution in [0.25, 0.3) is 0 Å². The van der Waals surface area contributed by atoms with E-state index in [2.05, 4.69) is 5.32 Å². The zero-order chi connectivity index (χ0) is 16.4. The molecular weight excluding hydrogens is 300 g/mol. The molecule has 2 aromatic rings.